The molecule has 4 heteroatoms. The number of aromatic nitrogens is 2. The molecular formula is C19H22N2O2. The van der Waals surface area contributed by atoms with Crippen LogP contribution in [-0.4, -0.2) is 27.4 Å². The van der Waals surface area contributed by atoms with Crippen LogP contribution < -0.4 is 4.74 Å². The summed E-state index contributed by atoms with van der Waals surface area (Å²) in [7, 11) is 0. The van der Waals surface area contributed by atoms with E-state index in [9.17, 15) is 5.11 Å². The van der Waals surface area contributed by atoms with Gasteiger partial charge in [0.15, 0.2) is 0 Å². The van der Waals surface area contributed by atoms with Crippen LogP contribution in [0.15, 0.2) is 48.5 Å². The number of aliphatic hydroxyl groups is 1. The van der Waals surface area contributed by atoms with E-state index in [0.717, 1.165) is 34.6 Å². The van der Waals surface area contributed by atoms with Crippen LogP contribution in [0.3, 0.4) is 0 Å². The van der Waals surface area contributed by atoms with Crippen molar-refractivity contribution in [3.63, 3.8) is 0 Å². The van der Waals surface area contributed by atoms with Gasteiger partial charge in [-0.2, -0.15) is 0 Å². The molecule has 1 heterocycles. The number of benzene rings is 2. The number of rotatable bonds is 6. The molecule has 0 radical (unpaired) electrons. The maximum absolute atomic E-state index is 10.4. The molecule has 0 aliphatic carbocycles. The molecule has 0 saturated carbocycles. The normalized spacial score (nSPS) is 12.5. The van der Waals surface area contributed by atoms with Gasteiger partial charge < -0.3 is 14.4 Å². The summed E-state index contributed by atoms with van der Waals surface area (Å²) >= 11 is 0. The minimum absolute atomic E-state index is 0.263. The quantitative estimate of drug-likeness (QED) is 0.759. The van der Waals surface area contributed by atoms with Gasteiger partial charge in [-0.25, -0.2) is 4.98 Å². The number of aryl methyl sites for hydroxylation is 2. The SMILES string of the molecule is CCc1nc2ccccc2n1C[C@@H](O)COc1cccc(C)c1. The lowest BCUT2D eigenvalue weighted by atomic mass is 10.2. The molecule has 0 saturated heterocycles. The Labute approximate surface area is 136 Å². The first-order valence-electron chi connectivity index (χ1n) is 7.99. The first-order chi connectivity index (χ1) is 11.2. The van der Waals surface area contributed by atoms with Crippen LogP contribution in [0.1, 0.15) is 18.3 Å². The van der Waals surface area contributed by atoms with Crippen LogP contribution >= 0.6 is 0 Å². The Morgan fingerprint density at radius 1 is 1.17 bits per heavy atom. The van der Waals surface area contributed by atoms with Gasteiger partial charge in [0.1, 0.15) is 24.3 Å². The van der Waals surface area contributed by atoms with Gasteiger partial charge in [-0.05, 0) is 36.8 Å². The van der Waals surface area contributed by atoms with E-state index < -0.39 is 6.10 Å². The molecule has 0 aliphatic rings. The molecule has 2 aromatic carbocycles. The zero-order valence-corrected chi connectivity index (χ0v) is 13.6. The Balaban J connectivity index is 1.71. The number of fused-ring (bicyclic) bond motifs is 1. The number of nitrogens with zero attached hydrogens (tertiary/aromatic N) is 2. The van der Waals surface area contributed by atoms with Crippen molar-refractivity contribution in [1.29, 1.82) is 0 Å². The second-order valence-corrected chi connectivity index (χ2v) is 5.76. The third-order valence-corrected chi connectivity index (χ3v) is 3.88. The van der Waals surface area contributed by atoms with Crippen LogP contribution in [0.5, 0.6) is 5.75 Å². The highest BCUT2D eigenvalue weighted by molar-refractivity contribution is 5.75. The van der Waals surface area contributed by atoms with Gasteiger partial charge in [0.25, 0.3) is 0 Å². The zero-order chi connectivity index (χ0) is 16.2. The maximum atomic E-state index is 10.4. The zero-order valence-electron chi connectivity index (χ0n) is 13.6. The van der Waals surface area contributed by atoms with Gasteiger partial charge in [-0.1, -0.05) is 31.2 Å². The Hall–Kier alpha value is -2.33. The fraction of sp³-hybridized carbons (Fsp3) is 0.316. The van der Waals surface area contributed by atoms with E-state index in [-0.39, 0.29) is 6.61 Å². The Bertz CT molecular complexity index is 795. The van der Waals surface area contributed by atoms with Crippen molar-refractivity contribution in [3.8, 4) is 5.75 Å². The summed E-state index contributed by atoms with van der Waals surface area (Å²) in [4.78, 5) is 4.63. The summed E-state index contributed by atoms with van der Waals surface area (Å²) in [5, 5.41) is 10.4. The van der Waals surface area contributed by atoms with Crippen molar-refractivity contribution in [2.45, 2.75) is 32.9 Å². The highest BCUT2D eigenvalue weighted by Crippen LogP contribution is 2.18. The summed E-state index contributed by atoms with van der Waals surface area (Å²) < 4.78 is 7.78. The molecule has 3 aromatic rings. The van der Waals surface area contributed by atoms with E-state index >= 15 is 0 Å². The Kier molecular flexibility index (Phi) is 4.63. The number of hydrogen-bond acceptors (Lipinski definition) is 3. The number of hydrogen-bond donors (Lipinski definition) is 1. The van der Waals surface area contributed by atoms with Gasteiger partial charge >= 0.3 is 0 Å². The first kappa shape index (κ1) is 15.6. The molecule has 1 N–H and O–H groups in total. The Morgan fingerprint density at radius 2 is 2.00 bits per heavy atom. The summed E-state index contributed by atoms with van der Waals surface area (Å²) in [5.74, 6) is 1.77. The van der Waals surface area contributed by atoms with Crippen molar-refractivity contribution in [2.75, 3.05) is 6.61 Å². The molecule has 120 valence electrons. The molecular weight excluding hydrogens is 288 g/mol. The molecule has 0 unspecified atom stereocenters. The van der Waals surface area contributed by atoms with E-state index in [1.807, 2.05) is 55.5 Å². The van der Waals surface area contributed by atoms with E-state index in [0.29, 0.717) is 6.54 Å². The highest BCUT2D eigenvalue weighted by Gasteiger charge is 2.13. The van der Waals surface area contributed by atoms with Crippen LogP contribution in [0, 0.1) is 6.92 Å². The molecule has 1 atom stereocenters. The number of ether oxygens (including phenoxy) is 1. The Morgan fingerprint density at radius 3 is 2.78 bits per heavy atom. The number of imidazole rings is 1. The predicted octanol–water partition coefficient (Wildman–Crippen LogP) is 3.35. The van der Waals surface area contributed by atoms with Gasteiger partial charge in [0, 0.05) is 6.42 Å². The lowest BCUT2D eigenvalue weighted by Crippen LogP contribution is -2.24. The highest BCUT2D eigenvalue weighted by atomic mass is 16.5. The van der Waals surface area contributed by atoms with Crippen molar-refractivity contribution in [3.05, 3.63) is 59.9 Å². The van der Waals surface area contributed by atoms with Crippen molar-refractivity contribution < 1.29 is 9.84 Å². The lowest BCUT2D eigenvalue weighted by Gasteiger charge is -2.15. The van der Waals surface area contributed by atoms with Gasteiger partial charge in [-0.3, -0.25) is 0 Å². The third kappa shape index (κ3) is 3.54. The summed E-state index contributed by atoms with van der Waals surface area (Å²) in [6, 6.07) is 15.9. The average molecular weight is 310 g/mol. The topological polar surface area (TPSA) is 47.3 Å². The summed E-state index contributed by atoms with van der Waals surface area (Å²) in [6.45, 7) is 4.84. The standard InChI is InChI=1S/C19H22N2O2/c1-3-19-20-17-9-4-5-10-18(17)21(19)12-15(22)13-23-16-8-6-7-14(2)11-16/h4-11,15,22H,3,12-13H2,1-2H3/t15-/m1/s1. The van der Waals surface area contributed by atoms with Crippen molar-refractivity contribution in [2.24, 2.45) is 0 Å². The number of aliphatic hydroxyl groups excluding tert-OH is 1. The van der Waals surface area contributed by atoms with Crippen LogP contribution in [-0.2, 0) is 13.0 Å². The molecule has 0 amide bonds. The molecule has 1 aromatic heterocycles. The summed E-state index contributed by atoms with van der Waals surface area (Å²) in [5.41, 5.74) is 3.17. The van der Waals surface area contributed by atoms with Crippen LogP contribution in [0.4, 0.5) is 0 Å². The molecule has 0 fully saturated rings. The summed E-state index contributed by atoms with van der Waals surface area (Å²) in [6.07, 6.45) is 0.249. The fourth-order valence-electron chi connectivity index (χ4n) is 2.76. The second kappa shape index (κ2) is 6.84. The van der Waals surface area contributed by atoms with Crippen molar-refractivity contribution in [1.82, 2.24) is 9.55 Å². The molecule has 4 nitrogen and oxygen atoms in total. The molecule has 0 bridgehead atoms. The van der Waals surface area contributed by atoms with E-state index in [1.165, 1.54) is 0 Å². The fourth-order valence-corrected chi connectivity index (χ4v) is 2.76. The minimum atomic E-state index is -0.585. The smallest absolute Gasteiger partial charge is 0.119 e. The lowest BCUT2D eigenvalue weighted by molar-refractivity contribution is 0.0927. The predicted molar refractivity (Wildman–Crippen MR) is 91.8 cm³/mol. The molecule has 3 rings (SSSR count). The first-order valence-corrected chi connectivity index (χ1v) is 7.99. The third-order valence-electron chi connectivity index (χ3n) is 3.88. The van der Waals surface area contributed by atoms with E-state index in [2.05, 4.69) is 16.5 Å². The van der Waals surface area contributed by atoms with E-state index in [4.69, 9.17) is 4.74 Å². The molecule has 0 aliphatic heterocycles. The van der Waals surface area contributed by atoms with Crippen molar-refractivity contribution >= 4 is 11.0 Å². The molecule has 23 heavy (non-hydrogen) atoms. The minimum Gasteiger partial charge on any atom is -0.491 e. The monoisotopic (exact) mass is 310 g/mol. The molecule has 0 spiro atoms. The second-order valence-electron chi connectivity index (χ2n) is 5.76. The number of para-hydroxylation sites is 2. The van der Waals surface area contributed by atoms with Gasteiger partial charge in [0.2, 0.25) is 0 Å². The maximum Gasteiger partial charge on any atom is 0.119 e. The van der Waals surface area contributed by atoms with Crippen LogP contribution in [0.25, 0.3) is 11.0 Å². The van der Waals surface area contributed by atoms with Gasteiger partial charge in [0.05, 0.1) is 17.6 Å². The largest absolute Gasteiger partial charge is 0.491 e. The van der Waals surface area contributed by atoms with Crippen LogP contribution in [0.2, 0.25) is 0 Å². The van der Waals surface area contributed by atoms with Gasteiger partial charge in [-0.15, -0.1) is 0 Å². The average Bonchev–Trinajstić information content (AvgIpc) is 2.91. The van der Waals surface area contributed by atoms with E-state index in [1.54, 1.807) is 0 Å².